The number of aromatic amines is 1. The van der Waals surface area contributed by atoms with Crippen LogP contribution in [0.1, 0.15) is 61.6 Å². The van der Waals surface area contributed by atoms with Crippen molar-refractivity contribution >= 4 is 27.5 Å². The van der Waals surface area contributed by atoms with Crippen molar-refractivity contribution in [2.45, 2.75) is 70.3 Å². The quantitative estimate of drug-likeness (QED) is 0.220. The van der Waals surface area contributed by atoms with Crippen molar-refractivity contribution in [3.8, 4) is 5.75 Å². The van der Waals surface area contributed by atoms with Crippen molar-refractivity contribution in [1.29, 1.82) is 0 Å². The molecule has 0 aliphatic heterocycles. The fourth-order valence-corrected chi connectivity index (χ4v) is 9.28. The zero-order valence-electron chi connectivity index (χ0n) is 24.2. The van der Waals surface area contributed by atoms with E-state index >= 15 is 0 Å². The van der Waals surface area contributed by atoms with Crippen molar-refractivity contribution in [3.63, 3.8) is 0 Å². The fourth-order valence-electron chi connectivity index (χ4n) is 8.39. The van der Waals surface area contributed by atoms with Crippen LogP contribution in [-0.2, 0) is 17.6 Å². The molecule has 0 unspecified atom stereocenters. The van der Waals surface area contributed by atoms with Crippen molar-refractivity contribution in [2.24, 2.45) is 17.8 Å². The Balaban J connectivity index is 1.04. The number of nitrogens with one attached hydrogen (secondary N) is 3. The van der Waals surface area contributed by atoms with E-state index in [4.69, 9.17) is 0 Å². The van der Waals surface area contributed by atoms with Gasteiger partial charge in [0.2, 0.25) is 5.91 Å². The molecule has 4 aliphatic carbocycles. The lowest BCUT2D eigenvalue weighted by molar-refractivity contribution is -0.150. The number of fused-ring (bicyclic) bond motifs is 1. The van der Waals surface area contributed by atoms with Gasteiger partial charge in [0.25, 0.3) is 0 Å². The van der Waals surface area contributed by atoms with Gasteiger partial charge in [-0.3, -0.25) is 9.59 Å². The molecule has 1 heterocycles. The molecule has 4 N–H and O–H groups in total. The average Bonchev–Trinajstić information content (AvgIpc) is 3.33. The number of amides is 1. The number of hydrogen-bond donors (Lipinski definition) is 4. The highest BCUT2D eigenvalue weighted by Crippen LogP contribution is 2.57. The van der Waals surface area contributed by atoms with Gasteiger partial charge in [0.15, 0.2) is 0 Å². The van der Waals surface area contributed by atoms with E-state index in [2.05, 4.69) is 51.7 Å². The molecule has 0 spiro atoms. The number of hydrogen-bond acceptors (Lipinski definition) is 6. The van der Waals surface area contributed by atoms with Crippen molar-refractivity contribution in [1.82, 2.24) is 20.5 Å². The van der Waals surface area contributed by atoms with Crippen LogP contribution >= 0.6 is 11.3 Å². The molecule has 4 aliphatic rings. The molecule has 41 heavy (non-hydrogen) atoms. The highest BCUT2D eigenvalue weighted by Gasteiger charge is 2.54. The fraction of sp³-hybridized carbons (Fsp3) is 0.576. The summed E-state index contributed by atoms with van der Waals surface area (Å²) in [6.45, 7) is 6.00. The third-order valence-electron chi connectivity index (χ3n) is 9.79. The number of nitrogens with zero attached hydrogens (tertiary/aromatic N) is 1. The van der Waals surface area contributed by atoms with E-state index in [0.29, 0.717) is 17.8 Å². The van der Waals surface area contributed by atoms with Crippen LogP contribution in [0.15, 0.2) is 41.2 Å². The molecule has 4 bridgehead atoms. The SMILES string of the molecule is Cc1cccc(CCNCCC(=O)N(CCNCCc2ccc(O)c3[nH]c(=O)sc23)C23CC4CC(CC(C4)C2)C3)c1. The van der Waals surface area contributed by atoms with E-state index in [1.807, 2.05) is 6.07 Å². The highest BCUT2D eigenvalue weighted by molar-refractivity contribution is 7.16. The molecule has 0 atom stereocenters. The Morgan fingerprint density at radius 1 is 1.00 bits per heavy atom. The van der Waals surface area contributed by atoms with Gasteiger partial charge in [0.05, 0.1) is 4.70 Å². The summed E-state index contributed by atoms with van der Waals surface area (Å²) in [4.78, 5) is 30.5. The van der Waals surface area contributed by atoms with Gasteiger partial charge in [-0.25, -0.2) is 0 Å². The van der Waals surface area contributed by atoms with Crippen molar-refractivity contribution < 1.29 is 9.90 Å². The summed E-state index contributed by atoms with van der Waals surface area (Å²) < 4.78 is 0.831. The predicted octanol–water partition coefficient (Wildman–Crippen LogP) is 4.76. The number of thiazole rings is 1. The van der Waals surface area contributed by atoms with Crippen LogP contribution in [-0.4, -0.2) is 59.2 Å². The van der Waals surface area contributed by atoms with E-state index in [1.54, 1.807) is 6.07 Å². The van der Waals surface area contributed by atoms with Gasteiger partial charge < -0.3 is 25.6 Å². The maximum absolute atomic E-state index is 13.8. The smallest absolute Gasteiger partial charge is 0.305 e. The van der Waals surface area contributed by atoms with E-state index in [0.717, 1.165) is 84.9 Å². The van der Waals surface area contributed by atoms with Gasteiger partial charge in [-0.2, -0.15) is 0 Å². The number of carbonyl (C=O) groups excluding carboxylic acids is 1. The number of aromatic hydroxyl groups is 1. The van der Waals surface area contributed by atoms with Crippen LogP contribution < -0.4 is 15.5 Å². The minimum absolute atomic E-state index is 0.0511. The van der Waals surface area contributed by atoms with Crippen LogP contribution in [0.4, 0.5) is 0 Å². The summed E-state index contributed by atoms with van der Waals surface area (Å²) in [6, 6.07) is 12.2. The second-order valence-electron chi connectivity index (χ2n) is 12.9. The molecule has 0 radical (unpaired) electrons. The van der Waals surface area contributed by atoms with Crippen LogP contribution in [0.5, 0.6) is 5.75 Å². The molecule has 2 aromatic carbocycles. The monoisotopic (exact) mass is 576 g/mol. The van der Waals surface area contributed by atoms with E-state index in [-0.39, 0.29) is 16.2 Å². The van der Waals surface area contributed by atoms with Crippen LogP contribution in [0.3, 0.4) is 0 Å². The molecule has 1 aromatic heterocycles. The Morgan fingerprint density at radius 2 is 1.71 bits per heavy atom. The van der Waals surface area contributed by atoms with Gasteiger partial charge in [-0.1, -0.05) is 47.2 Å². The lowest BCUT2D eigenvalue weighted by Gasteiger charge is -2.60. The third kappa shape index (κ3) is 6.40. The minimum Gasteiger partial charge on any atom is -0.506 e. The summed E-state index contributed by atoms with van der Waals surface area (Å²) in [6.07, 6.45) is 9.95. The van der Waals surface area contributed by atoms with Crippen molar-refractivity contribution in [3.05, 3.63) is 62.8 Å². The van der Waals surface area contributed by atoms with Gasteiger partial charge in [-0.15, -0.1) is 0 Å². The first-order chi connectivity index (χ1) is 19.9. The van der Waals surface area contributed by atoms with Gasteiger partial charge in [0, 0.05) is 31.6 Å². The Hall–Kier alpha value is -2.68. The molecule has 0 saturated heterocycles. The van der Waals surface area contributed by atoms with Crippen LogP contribution in [0.2, 0.25) is 0 Å². The molecule has 7 nitrogen and oxygen atoms in total. The average molecular weight is 577 g/mol. The van der Waals surface area contributed by atoms with Crippen LogP contribution in [0, 0.1) is 24.7 Å². The van der Waals surface area contributed by atoms with E-state index in [9.17, 15) is 14.7 Å². The number of aryl methyl sites for hydroxylation is 1. The Kier molecular flexibility index (Phi) is 8.52. The predicted molar refractivity (Wildman–Crippen MR) is 166 cm³/mol. The number of rotatable bonds is 13. The standard InChI is InChI=1S/C33H44N4O3S/c1-22-3-2-4-23(15-22)7-10-34-12-9-29(39)37(33-19-24-16-25(20-33)18-26(17-24)21-33)14-13-35-11-8-27-5-6-28(38)30-31(27)41-32(40)36-30/h2-6,15,24-26,34-35,38H,7-14,16-21H2,1H3,(H,36,40). The van der Waals surface area contributed by atoms with E-state index < -0.39 is 0 Å². The Morgan fingerprint density at radius 3 is 2.44 bits per heavy atom. The Labute approximate surface area is 246 Å². The lowest BCUT2D eigenvalue weighted by atomic mass is 9.52. The number of phenols is 1. The first kappa shape index (κ1) is 28.4. The van der Waals surface area contributed by atoms with Gasteiger partial charge >= 0.3 is 4.87 Å². The molecule has 8 heteroatoms. The second kappa shape index (κ2) is 12.3. The molecular formula is C33H44N4O3S. The zero-order chi connectivity index (χ0) is 28.4. The minimum atomic E-state index is -0.148. The number of carbonyl (C=O) groups is 1. The molecule has 220 valence electrons. The summed E-state index contributed by atoms with van der Waals surface area (Å²) in [5.41, 5.74) is 4.26. The summed E-state index contributed by atoms with van der Waals surface area (Å²) in [7, 11) is 0. The molecule has 7 rings (SSSR count). The summed E-state index contributed by atoms with van der Waals surface area (Å²) in [5, 5.41) is 17.2. The number of aromatic nitrogens is 1. The number of H-pyrrole nitrogens is 1. The largest absolute Gasteiger partial charge is 0.506 e. The Bertz CT molecular complexity index is 1390. The zero-order valence-corrected chi connectivity index (χ0v) is 25.0. The topological polar surface area (TPSA) is 97.5 Å². The van der Waals surface area contributed by atoms with E-state index in [1.165, 1.54) is 49.7 Å². The number of benzene rings is 2. The summed E-state index contributed by atoms with van der Waals surface area (Å²) in [5.74, 6) is 2.80. The molecule has 1 amide bonds. The first-order valence-corrected chi connectivity index (χ1v) is 16.3. The number of phenolic OH excluding ortho intramolecular Hbond substituents is 1. The highest BCUT2D eigenvalue weighted by atomic mass is 32.1. The van der Waals surface area contributed by atoms with Crippen LogP contribution in [0.25, 0.3) is 10.2 Å². The summed E-state index contributed by atoms with van der Waals surface area (Å²) >= 11 is 1.15. The molecule has 4 fully saturated rings. The van der Waals surface area contributed by atoms with Crippen molar-refractivity contribution in [2.75, 3.05) is 32.7 Å². The van der Waals surface area contributed by atoms with Gasteiger partial charge in [-0.05, 0) is 106 Å². The third-order valence-corrected chi connectivity index (χ3v) is 10.7. The maximum atomic E-state index is 13.8. The molecular weight excluding hydrogens is 532 g/mol. The molecule has 3 aromatic rings. The van der Waals surface area contributed by atoms with Gasteiger partial charge in [0.1, 0.15) is 11.3 Å². The lowest BCUT2D eigenvalue weighted by Crippen LogP contribution is -2.62. The maximum Gasteiger partial charge on any atom is 0.305 e. The second-order valence-corrected chi connectivity index (χ2v) is 13.9. The normalized spacial score (nSPS) is 24.8. The molecule has 4 saturated carbocycles. The first-order valence-electron chi connectivity index (χ1n) is 15.5.